The molecule has 6 heteroatoms. The summed E-state index contributed by atoms with van der Waals surface area (Å²) in [5.74, 6) is 0.664. The van der Waals surface area contributed by atoms with Gasteiger partial charge < -0.3 is 5.73 Å². The fourth-order valence-corrected chi connectivity index (χ4v) is 3.01. The number of benzene rings is 2. The predicted molar refractivity (Wildman–Crippen MR) is 95.2 cm³/mol. The van der Waals surface area contributed by atoms with Crippen molar-refractivity contribution in [1.82, 2.24) is 9.55 Å². The molecule has 3 aromatic rings. The van der Waals surface area contributed by atoms with Gasteiger partial charge in [-0.05, 0) is 29.7 Å². The largest absolute Gasteiger partial charge is 0.370 e. The summed E-state index contributed by atoms with van der Waals surface area (Å²) in [7, 11) is 0. The molecule has 1 aliphatic heterocycles. The molecule has 4 rings (SSSR count). The highest BCUT2D eigenvalue weighted by molar-refractivity contribution is 5.93. The van der Waals surface area contributed by atoms with Crippen LogP contribution in [0.2, 0.25) is 0 Å². The minimum Gasteiger partial charge on any atom is -0.370 e. The molecule has 0 saturated heterocycles. The maximum absolute atomic E-state index is 12.2. The van der Waals surface area contributed by atoms with Gasteiger partial charge in [0.15, 0.2) is 12.1 Å². The second-order valence-corrected chi connectivity index (χ2v) is 5.74. The van der Waals surface area contributed by atoms with Crippen LogP contribution >= 0.6 is 0 Å². The molecule has 0 spiro atoms. The number of aromatic nitrogens is 2. The first-order chi connectivity index (χ1) is 11.7. The lowest BCUT2D eigenvalue weighted by Crippen LogP contribution is -2.34. The van der Waals surface area contributed by atoms with Gasteiger partial charge >= 0.3 is 0 Å². The topological polar surface area (TPSA) is 85.3 Å². The maximum Gasteiger partial charge on any atom is 0.282 e. The van der Waals surface area contributed by atoms with Crippen LogP contribution < -0.4 is 16.6 Å². The van der Waals surface area contributed by atoms with Gasteiger partial charge in [-0.15, -0.1) is 0 Å². The van der Waals surface area contributed by atoms with Crippen molar-refractivity contribution < 1.29 is 0 Å². The summed E-state index contributed by atoms with van der Waals surface area (Å²) in [6.07, 6.45) is 0.622. The van der Waals surface area contributed by atoms with Crippen LogP contribution in [0, 0.1) is 0 Å². The number of nitrogens with zero attached hydrogens (tertiary/aromatic N) is 3. The van der Waals surface area contributed by atoms with E-state index in [4.69, 9.17) is 5.73 Å². The van der Waals surface area contributed by atoms with Crippen molar-refractivity contribution in [3.63, 3.8) is 0 Å². The Kier molecular flexibility index (Phi) is 3.30. The Bertz CT molecular complexity index is 1000. The summed E-state index contributed by atoms with van der Waals surface area (Å²) in [6.45, 7) is 2.12. The molecule has 1 aliphatic rings. The van der Waals surface area contributed by atoms with Crippen molar-refractivity contribution >= 4 is 22.8 Å². The molecule has 3 N–H and O–H groups in total. The zero-order chi connectivity index (χ0) is 16.7. The van der Waals surface area contributed by atoms with Crippen molar-refractivity contribution in [2.24, 2.45) is 10.7 Å². The number of guanidine groups is 1. The molecule has 0 fully saturated rings. The number of rotatable bonds is 2. The first-order valence-corrected chi connectivity index (χ1v) is 7.88. The van der Waals surface area contributed by atoms with Gasteiger partial charge in [0.1, 0.15) is 0 Å². The van der Waals surface area contributed by atoms with Crippen molar-refractivity contribution in [3.8, 4) is 0 Å². The van der Waals surface area contributed by atoms with Crippen molar-refractivity contribution in [2.75, 3.05) is 5.32 Å². The van der Waals surface area contributed by atoms with Crippen LogP contribution in [0.4, 0.5) is 5.95 Å². The van der Waals surface area contributed by atoms with E-state index in [1.807, 2.05) is 34.9 Å². The Labute approximate surface area is 138 Å². The number of hydrogen-bond donors (Lipinski definition) is 2. The van der Waals surface area contributed by atoms with Crippen molar-refractivity contribution in [1.29, 1.82) is 0 Å². The lowest BCUT2D eigenvalue weighted by Gasteiger charge is -2.27. The number of nitrogens with two attached hydrogens (primary N) is 1. The molecule has 2 aromatic carbocycles. The number of anilines is 1. The van der Waals surface area contributed by atoms with E-state index in [2.05, 4.69) is 34.3 Å². The molecule has 0 radical (unpaired) electrons. The Morgan fingerprint density at radius 1 is 1.17 bits per heavy atom. The van der Waals surface area contributed by atoms with E-state index in [1.54, 1.807) is 6.07 Å². The first kappa shape index (κ1) is 14.4. The van der Waals surface area contributed by atoms with Gasteiger partial charge in [0.25, 0.3) is 5.56 Å². The third-order valence-corrected chi connectivity index (χ3v) is 4.26. The second kappa shape index (κ2) is 5.49. The number of nitrogens with one attached hydrogen (secondary N) is 1. The average Bonchev–Trinajstić information content (AvgIpc) is 2.61. The number of aliphatic imine (C=N–C) groups is 1. The third kappa shape index (κ3) is 2.23. The van der Waals surface area contributed by atoms with Gasteiger partial charge in [-0.2, -0.15) is 4.98 Å². The molecular weight excluding hydrogens is 302 g/mol. The van der Waals surface area contributed by atoms with Gasteiger partial charge in [0.05, 0.1) is 10.9 Å². The Balaban J connectivity index is 1.97. The fraction of sp³-hybridized carbons (Fsp3) is 0.167. The molecule has 24 heavy (non-hydrogen) atoms. The minimum atomic E-state index is -0.356. The fourth-order valence-electron chi connectivity index (χ4n) is 3.01. The molecule has 0 bridgehead atoms. The predicted octanol–water partition coefficient (Wildman–Crippen LogP) is 2.25. The van der Waals surface area contributed by atoms with Gasteiger partial charge in [-0.1, -0.05) is 43.3 Å². The van der Waals surface area contributed by atoms with E-state index < -0.39 is 0 Å². The van der Waals surface area contributed by atoms with Gasteiger partial charge in [-0.3, -0.25) is 14.7 Å². The monoisotopic (exact) mass is 319 g/mol. The Morgan fingerprint density at radius 2 is 1.92 bits per heavy atom. The van der Waals surface area contributed by atoms with Gasteiger partial charge in [0, 0.05) is 0 Å². The minimum absolute atomic E-state index is 0.252. The van der Waals surface area contributed by atoms with Crippen LogP contribution in [-0.4, -0.2) is 15.5 Å². The lowest BCUT2D eigenvalue weighted by molar-refractivity contribution is 0.615. The van der Waals surface area contributed by atoms with Crippen LogP contribution in [-0.2, 0) is 6.42 Å². The SMILES string of the molecule is CCc1ccc([C@@H]2N=C(N)Nc3nc(=O)c4ccccc4n32)cc1. The molecule has 0 unspecified atom stereocenters. The Hall–Kier alpha value is -3.15. The molecule has 0 saturated carbocycles. The normalized spacial score (nSPS) is 16.4. The summed E-state index contributed by atoms with van der Waals surface area (Å²) in [5.41, 5.74) is 8.66. The Morgan fingerprint density at radius 3 is 2.67 bits per heavy atom. The van der Waals surface area contributed by atoms with Crippen LogP contribution in [0.15, 0.2) is 58.3 Å². The second-order valence-electron chi connectivity index (χ2n) is 5.74. The van der Waals surface area contributed by atoms with E-state index in [0.717, 1.165) is 17.5 Å². The molecule has 120 valence electrons. The molecule has 1 atom stereocenters. The zero-order valence-electron chi connectivity index (χ0n) is 13.2. The summed E-state index contributed by atoms with van der Waals surface area (Å²) in [5, 5.41) is 3.46. The van der Waals surface area contributed by atoms with E-state index in [-0.39, 0.29) is 17.7 Å². The van der Waals surface area contributed by atoms with Gasteiger partial charge in [-0.25, -0.2) is 4.99 Å². The number of para-hydroxylation sites is 1. The van der Waals surface area contributed by atoms with E-state index in [0.29, 0.717) is 11.3 Å². The van der Waals surface area contributed by atoms with E-state index in [9.17, 15) is 4.79 Å². The molecule has 6 nitrogen and oxygen atoms in total. The van der Waals surface area contributed by atoms with Crippen LogP contribution in [0.5, 0.6) is 0 Å². The number of aryl methyl sites for hydroxylation is 1. The van der Waals surface area contributed by atoms with Gasteiger partial charge in [0.2, 0.25) is 5.95 Å². The lowest BCUT2D eigenvalue weighted by atomic mass is 10.1. The summed E-state index contributed by atoms with van der Waals surface area (Å²) >= 11 is 0. The van der Waals surface area contributed by atoms with Crippen LogP contribution in [0.25, 0.3) is 10.9 Å². The standard InChI is InChI=1S/C18H17N5O/c1-2-11-7-9-12(10-8-11)15-20-17(19)22-18-21-16(24)13-5-3-4-6-14(13)23(15)18/h3-10,15H,2H2,1H3,(H3,19,20,21,22,24)/t15-/m1/s1. The molecule has 0 amide bonds. The third-order valence-electron chi connectivity index (χ3n) is 4.26. The number of fused-ring (bicyclic) bond motifs is 3. The van der Waals surface area contributed by atoms with E-state index >= 15 is 0 Å². The molecular formula is C18H17N5O. The highest BCUT2D eigenvalue weighted by Gasteiger charge is 2.24. The smallest absolute Gasteiger partial charge is 0.282 e. The molecule has 2 heterocycles. The average molecular weight is 319 g/mol. The zero-order valence-corrected chi connectivity index (χ0v) is 13.2. The van der Waals surface area contributed by atoms with E-state index in [1.165, 1.54) is 5.56 Å². The maximum atomic E-state index is 12.2. The molecule has 1 aromatic heterocycles. The summed E-state index contributed by atoms with van der Waals surface area (Å²) in [4.78, 5) is 20.9. The summed E-state index contributed by atoms with van der Waals surface area (Å²) < 4.78 is 1.91. The van der Waals surface area contributed by atoms with Crippen LogP contribution in [0.1, 0.15) is 24.2 Å². The van der Waals surface area contributed by atoms with Crippen molar-refractivity contribution in [3.05, 3.63) is 70.0 Å². The molecule has 0 aliphatic carbocycles. The number of hydrogen-bond acceptors (Lipinski definition) is 5. The van der Waals surface area contributed by atoms with Crippen LogP contribution in [0.3, 0.4) is 0 Å². The van der Waals surface area contributed by atoms with Crippen molar-refractivity contribution in [2.45, 2.75) is 19.5 Å². The first-order valence-electron chi connectivity index (χ1n) is 7.88. The highest BCUT2D eigenvalue weighted by Crippen LogP contribution is 2.29. The quantitative estimate of drug-likeness (QED) is 0.758. The highest BCUT2D eigenvalue weighted by atomic mass is 16.1. The summed E-state index contributed by atoms with van der Waals surface area (Å²) in [6, 6.07) is 15.7.